The highest BCUT2D eigenvalue weighted by molar-refractivity contribution is 5.88. The fourth-order valence-corrected chi connectivity index (χ4v) is 2.81. The zero-order chi connectivity index (χ0) is 16.4. The Labute approximate surface area is 139 Å². The van der Waals surface area contributed by atoms with Gasteiger partial charge < -0.3 is 9.97 Å². The van der Waals surface area contributed by atoms with Crippen LogP contribution in [-0.2, 0) is 0 Å². The van der Waals surface area contributed by atoms with Crippen LogP contribution in [0.5, 0.6) is 0 Å². The summed E-state index contributed by atoms with van der Waals surface area (Å²) in [5.41, 5.74) is 6.45. The second kappa shape index (κ2) is 5.90. The Morgan fingerprint density at radius 3 is 2.42 bits per heavy atom. The quantitative estimate of drug-likeness (QED) is 0.745. The lowest BCUT2D eigenvalue weighted by Gasteiger charge is -2.08. The number of nitriles is 1. The van der Waals surface area contributed by atoms with Crippen molar-refractivity contribution in [3.05, 3.63) is 89.4 Å². The monoisotopic (exact) mass is 310 g/mol. The molecule has 0 amide bonds. The largest absolute Gasteiger partial charge is 0.353 e. The smallest absolute Gasteiger partial charge is 0.118 e. The Morgan fingerprint density at radius 1 is 0.917 bits per heavy atom. The summed E-state index contributed by atoms with van der Waals surface area (Å²) in [6, 6.07) is 20.0. The summed E-state index contributed by atoms with van der Waals surface area (Å²) >= 11 is 0. The molecule has 0 spiro atoms. The number of aromatic amines is 2. The van der Waals surface area contributed by atoms with E-state index in [1.54, 1.807) is 12.3 Å². The third-order valence-corrected chi connectivity index (χ3v) is 3.92. The number of H-pyrrole nitrogens is 2. The number of aromatic nitrogens is 2. The van der Waals surface area contributed by atoms with Gasteiger partial charge in [-0.15, -0.1) is 0 Å². The highest BCUT2D eigenvalue weighted by Gasteiger charge is 2.14. The van der Waals surface area contributed by atoms with Crippen LogP contribution in [0, 0.1) is 11.3 Å². The number of nitrogens with one attached hydrogen (secondary N) is 2. The van der Waals surface area contributed by atoms with Crippen LogP contribution in [0.15, 0.2) is 77.4 Å². The predicted octanol–water partition coefficient (Wildman–Crippen LogP) is 4.28. The Hall–Kier alpha value is -3.58. The van der Waals surface area contributed by atoms with Gasteiger partial charge in [0.15, 0.2) is 0 Å². The van der Waals surface area contributed by atoms with Crippen molar-refractivity contribution in [2.45, 2.75) is 0 Å². The minimum absolute atomic E-state index is 0.547. The number of aliphatic imine (C=N–C) groups is 1. The van der Waals surface area contributed by atoms with Crippen molar-refractivity contribution >= 4 is 11.8 Å². The summed E-state index contributed by atoms with van der Waals surface area (Å²) in [4.78, 5) is 11.0. The normalized spacial score (nSPS) is 14.8. The average molecular weight is 310 g/mol. The molecular weight excluding hydrogens is 296 g/mol. The fraction of sp³-hybridized carbons (Fsp3) is 0. The molecule has 0 radical (unpaired) electrons. The molecule has 1 aromatic carbocycles. The number of benzene rings is 1. The van der Waals surface area contributed by atoms with E-state index in [0.29, 0.717) is 5.69 Å². The van der Waals surface area contributed by atoms with Crippen LogP contribution >= 0.6 is 0 Å². The number of allylic oxidation sites excluding steroid dienone is 2. The van der Waals surface area contributed by atoms with Crippen LogP contribution in [0.3, 0.4) is 0 Å². The fourth-order valence-electron chi connectivity index (χ4n) is 2.81. The minimum atomic E-state index is 0.547. The molecule has 4 heteroatoms. The van der Waals surface area contributed by atoms with Crippen LogP contribution in [-0.4, -0.2) is 16.2 Å². The predicted molar refractivity (Wildman–Crippen MR) is 95.4 cm³/mol. The third kappa shape index (κ3) is 2.49. The molecule has 0 bridgehead atoms. The summed E-state index contributed by atoms with van der Waals surface area (Å²) < 4.78 is 0. The molecule has 1 aliphatic heterocycles. The molecule has 114 valence electrons. The average Bonchev–Trinajstić information content (AvgIpc) is 3.38. The summed E-state index contributed by atoms with van der Waals surface area (Å²) in [6.07, 6.45) is 5.74. The van der Waals surface area contributed by atoms with Crippen molar-refractivity contribution in [2.75, 3.05) is 0 Å². The van der Waals surface area contributed by atoms with E-state index in [4.69, 9.17) is 5.26 Å². The zero-order valence-corrected chi connectivity index (χ0v) is 12.8. The summed E-state index contributed by atoms with van der Waals surface area (Å²) in [5, 5.41) is 8.96. The lowest BCUT2D eigenvalue weighted by molar-refractivity contribution is 1.27. The lowest BCUT2D eigenvalue weighted by Crippen LogP contribution is -1.92. The van der Waals surface area contributed by atoms with Crippen LogP contribution in [0.4, 0.5) is 0 Å². The molecule has 24 heavy (non-hydrogen) atoms. The molecule has 4 nitrogen and oxygen atoms in total. The maximum Gasteiger partial charge on any atom is 0.118 e. The van der Waals surface area contributed by atoms with Gasteiger partial charge in [0.2, 0.25) is 0 Å². The molecule has 0 unspecified atom stereocenters. The first kappa shape index (κ1) is 14.0. The van der Waals surface area contributed by atoms with E-state index < -0.39 is 0 Å². The van der Waals surface area contributed by atoms with Crippen LogP contribution < -0.4 is 0 Å². The number of nitrogens with zero attached hydrogens (tertiary/aromatic N) is 2. The van der Waals surface area contributed by atoms with Crippen molar-refractivity contribution in [1.82, 2.24) is 9.97 Å². The maximum absolute atomic E-state index is 8.96. The van der Waals surface area contributed by atoms with Gasteiger partial charge in [0, 0.05) is 17.5 Å². The molecule has 0 saturated heterocycles. The Balaban J connectivity index is 1.81. The highest BCUT2D eigenvalue weighted by Crippen LogP contribution is 2.30. The summed E-state index contributed by atoms with van der Waals surface area (Å²) in [7, 11) is 0. The van der Waals surface area contributed by atoms with E-state index in [1.807, 2.05) is 48.6 Å². The molecule has 2 aromatic heterocycles. The minimum Gasteiger partial charge on any atom is -0.353 e. The standard InChI is InChI=1S/C20H14N4/c21-13-15-8-9-16(23-15)17-10-11-19(24-17)20(18-7-4-12-22-18)14-5-2-1-3-6-14/h1-12,23-24H/b20-18-. The first-order valence-corrected chi connectivity index (χ1v) is 7.64. The molecule has 0 aliphatic carbocycles. The molecule has 3 heterocycles. The third-order valence-electron chi connectivity index (χ3n) is 3.92. The van der Waals surface area contributed by atoms with E-state index in [1.165, 1.54) is 0 Å². The van der Waals surface area contributed by atoms with Gasteiger partial charge in [0.25, 0.3) is 0 Å². The van der Waals surface area contributed by atoms with E-state index in [2.05, 4.69) is 33.2 Å². The first-order chi connectivity index (χ1) is 11.8. The lowest BCUT2D eigenvalue weighted by atomic mass is 10.0. The Bertz CT molecular complexity index is 993. The van der Waals surface area contributed by atoms with Gasteiger partial charge in [0.05, 0.1) is 17.1 Å². The van der Waals surface area contributed by atoms with Crippen molar-refractivity contribution in [1.29, 1.82) is 5.26 Å². The second-order valence-corrected chi connectivity index (χ2v) is 5.45. The summed E-state index contributed by atoms with van der Waals surface area (Å²) in [6.45, 7) is 0. The SMILES string of the molecule is N#Cc1ccc(-c2ccc(/C(=C3/C=CC=N3)c3ccccc3)[nH]2)[nH]1. The molecule has 3 aromatic rings. The van der Waals surface area contributed by atoms with Gasteiger partial charge >= 0.3 is 0 Å². The summed E-state index contributed by atoms with van der Waals surface area (Å²) in [5.74, 6) is 0. The van der Waals surface area contributed by atoms with Crippen LogP contribution in [0.2, 0.25) is 0 Å². The molecule has 2 N–H and O–H groups in total. The van der Waals surface area contributed by atoms with Crippen molar-refractivity contribution in [3.8, 4) is 17.5 Å². The molecule has 0 saturated carbocycles. The topological polar surface area (TPSA) is 67.7 Å². The molecule has 4 rings (SSSR count). The van der Waals surface area contributed by atoms with Gasteiger partial charge in [0.1, 0.15) is 11.8 Å². The Kier molecular flexibility index (Phi) is 3.45. The van der Waals surface area contributed by atoms with Gasteiger partial charge in [-0.25, -0.2) is 0 Å². The van der Waals surface area contributed by atoms with Crippen LogP contribution in [0.25, 0.3) is 17.0 Å². The highest BCUT2D eigenvalue weighted by atomic mass is 14.8. The van der Waals surface area contributed by atoms with E-state index in [-0.39, 0.29) is 0 Å². The van der Waals surface area contributed by atoms with Gasteiger partial charge in [-0.2, -0.15) is 5.26 Å². The molecular formula is C20H14N4. The van der Waals surface area contributed by atoms with Crippen LogP contribution in [0.1, 0.15) is 17.0 Å². The van der Waals surface area contributed by atoms with E-state index in [0.717, 1.165) is 33.9 Å². The van der Waals surface area contributed by atoms with Gasteiger partial charge in [-0.05, 0) is 42.0 Å². The number of hydrogen-bond donors (Lipinski definition) is 2. The maximum atomic E-state index is 8.96. The molecule has 1 aliphatic rings. The zero-order valence-electron chi connectivity index (χ0n) is 12.8. The molecule has 0 atom stereocenters. The van der Waals surface area contributed by atoms with Crippen molar-refractivity contribution < 1.29 is 0 Å². The second-order valence-electron chi connectivity index (χ2n) is 5.45. The molecule has 0 fully saturated rings. The van der Waals surface area contributed by atoms with E-state index >= 15 is 0 Å². The first-order valence-electron chi connectivity index (χ1n) is 7.64. The van der Waals surface area contributed by atoms with E-state index in [9.17, 15) is 0 Å². The Morgan fingerprint density at radius 2 is 1.71 bits per heavy atom. The van der Waals surface area contributed by atoms with Gasteiger partial charge in [-0.1, -0.05) is 30.3 Å². The number of hydrogen-bond acceptors (Lipinski definition) is 2. The van der Waals surface area contributed by atoms with Gasteiger partial charge in [-0.3, -0.25) is 4.99 Å². The number of rotatable bonds is 3. The van der Waals surface area contributed by atoms with Crippen molar-refractivity contribution in [3.63, 3.8) is 0 Å². The van der Waals surface area contributed by atoms with Crippen molar-refractivity contribution in [2.24, 2.45) is 4.99 Å².